The zero-order valence-electron chi connectivity index (χ0n) is 7.13. The van der Waals surface area contributed by atoms with Gasteiger partial charge in [-0.1, -0.05) is 35.4 Å². The average Bonchev–Trinajstić information content (AvgIpc) is 2.05. The van der Waals surface area contributed by atoms with Crippen molar-refractivity contribution in [1.29, 1.82) is 0 Å². The molecule has 1 rings (SSSR count). The van der Waals surface area contributed by atoms with Gasteiger partial charge in [-0.15, -0.1) is 0 Å². The summed E-state index contributed by atoms with van der Waals surface area (Å²) in [5, 5.41) is 0. The number of hydrogen-bond donors (Lipinski definition) is 0. The minimum Gasteiger partial charge on any atom is -0.319 e. The van der Waals surface area contributed by atoms with Gasteiger partial charge in [-0.25, -0.2) is 0 Å². The first kappa shape index (κ1) is 10.0. The van der Waals surface area contributed by atoms with Crippen molar-refractivity contribution >= 4 is 28.5 Å². The predicted molar refractivity (Wildman–Crippen MR) is 58.0 cm³/mol. The van der Waals surface area contributed by atoms with Gasteiger partial charge in [0.05, 0.1) is 0 Å². The van der Waals surface area contributed by atoms with Crippen LogP contribution >= 0.6 is 22.6 Å². The third kappa shape index (κ3) is 3.13. The van der Waals surface area contributed by atoms with Crippen molar-refractivity contribution in [2.24, 2.45) is 0 Å². The second kappa shape index (κ2) is 5.56. The highest BCUT2D eigenvalue weighted by Crippen LogP contribution is 2.12. The van der Waals surface area contributed by atoms with E-state index in [1.165, 1.54) is 12.8 Å². The second-order valence-electron chi connectivity index (χ2n) is 3.03. The summed E-state index contributed by atoms with van der Waals surface area (Å²) in [6.45, 7) is 0.901. The molecule has 0 saturated carbocycles. The number of nitrogens with zero attached hydrogens (tertiary/aromatic N) is 1. The summed E-state index contributed by atoms with van der Waals surface area (Å²) >= 11 is 2.15. The van der Waals surface area contributed by atoms with Gasteiger partial charge in [-0.05, 0) is 16.9 Å². The Kier molecular flexibility index (Phi) is 4.65. The largest absolute Gasteiger partial charge is 0.319 e. The highest BCUT2D eigenvalue weighted by atomic mass is 127. The van der Waals surface area contributed by atoms with Gasteiger partial charge in [0.2, 0.25) is 5.91 Å². The molecule has 12 heavy (non-hydrogen) atoms. The fraction of sp³-hybridized carbons (Fsp3) is 0.667. The van der Waals surface area contributed by atoms with E-state index in [9.17, 15) is 4.79 Å². The Bertz CT molecular complexity index is 179. The highest BCUT2D eigenvalue weighted by molar-refractivity contribution is 14.1. The number of rotatable bonds is 1. The van der Waals surface area contributed by atoms with E-state index in [0.29, 0.717) is 0 Å². The smallest absolute Gasteiger partial charge is 0.226 e. The van der Waals surface area contributed by atoms with Crippen molar-refractivity contribution in [2.45, 2.75) is 32.1 Å². The zero-order chi connectivity index (χ0) is 8.81. The number of amides is 1. The molecule has 1 aliphatic heterocycles. The van der Waals surface area contributed by atoms with E-state index in [1.54, 1.807) is 0 Å². The van der Waals surface area contributed by atoms with Crippen LogP contribution in [0.3, 0.4) is 0 Å². The summed E-state index contributed by atoms with van der Waals surface area (Å²) in [5.74, 6) is 0.280. The van der Waals surface area contributed by atoms with Crippen molar-refractivity contribution in [2.75, 3.05) is 6.54 Å². The first-order valence-electron chi connectivity index (χ1n) is 4.41. The molecule has 3 heteroatoms. The molecule has 0 bridgehead atoms. The minimum absolute atomic E-state index is 0.280. The van der Waals surface area contributed by atoms with Crippen LogP contribution in [0.5, 0.6) is 0 Å². The molecule has 0 aromatic carbocycles. The molecule has 0 N–H and O–H groups in total. The summed E-state index contributed by atoms with van der Waals surface area (Å²) in [4.78, 5) is 13.3. The first-order chi connectivity index (χ1) is 5.84. The molecule has 1 fully saturated rings. The maximum atomic E-state index is 11.4. The average molecular weight is 279 g/mol. The molecular formula is C9H14INO. The molecule has 2 nitrogen and oxygen atoms in total. The molecule has 68 valence electrons. The Hall–Kier alpha value is -0.0600. The molecule has 1 aliphatic rings. The van der Waals surface area contributed by atoms with Crippen LogP contribution in [0.2, 0.25) is 0 Å². The molecule has 1 heterocycles. The van der Waals surface area contributed by atoms with E-state index in [2.05, 4.69) is 22.6 Å². The van der Waals surface area contributed by atoms with Crippen LogP contribution < -0.4 is 0 Å². The maximum Gasteiger partial charge on any atom is 0.226 e. The maximum absolute atomic E-state index is 11.4. The molecule has 0 aromatic heterocycles. The van der Waals surface area contributed by atoms with Crippen LogP contribution in [-0.2, 0) is 4.79 Å². The molecular weight excluding hydrogens is 265 g/mol. The Morgan fingerprint density at radius 3 is 2.75 bits per heavy atom. The minimum atomic E-state index is 0.280. The van der Waals surface area contributed by atoms with Gasteiger partial charge in [-0.3, -0.25) is 4.79 Å². The lowest BCUT2D eigenvalue weighted by Gasteiger charge is -2.20. The van der Waals surface area contributed by atoms with E-state index in [1.807, 2.05) is 15.2 Å². The number of likely N-dealkylation sites (tertiary alicyclic amines) is 1. The van der Waals surface area contributed by atoms with Crippen LogP contribution in [-0.4, -0.2) is 17.4 Å². The van der Waals surface area contributed by atoms with Crippen LogP contribution in [0.4, 0.5) is 0 Å². The normalized spacial score (nSPS) is 21.1. The van der Waals surface area contributed by atoms with Crippen LogP contribution in [0, 0.1) is 0 Å². The third-order valence-electron chi connectivity index (χ3n) is 2.10. The molecule has 1 saturated heterocycles. The lowest BCUT2D eigenvalue weighted by molar-refractivity contribution is -0.129. The molecule has 0 aromatic rings. The SMILES string of the molecule is O=C1CCCCCCN1/C=C/I. The standard InChI is InChI=1S/C9H14INO/c10-6-8-11-7-4-2-1-3-5-9(11)12/h6,8H,1-5,7H2/b8-6+. The van der Waals surface area contributed by atoms with Crippen molar-refractivity contribution in [3.8, 4) is 0 Å². The summed E-state index contributed by atoms with van der Waals surface area (Å²) < 4.78 is 1.90. The fourth-order valence-electron chi connectivity index (χ4n) is 1.41. The molecule has 0 atom stereocenters. The molecule has 0 aliphatic carbocycles. The van der Waals surface area contributed by atoms with Gasteiger partial charge in [0.25, 0.3) is 0 Å². The summed E-state index contributed by atoms with van der Waals surface area (Å²) in [6, 6.07) is 0. The number of halogens is 1. The molecule has 0 radical (unpaired) electrons. The van der Waals surface area contributed by atoms with E-state index in [-0.39, 0.29) is 5.91 Å². The van der Waals surface area contributed by atoms with Crippen LogP contribution in [0.25, 0.3) is 0 Å². The quantitative estimate of drug-likeness (QED) is 0.676. The second-order valence-corrected chi connectivity index (χ2v) is 3.75. The van der Waals surface area contributed by atoms with Crippen LogP contribution in [0.1, 0.15) is 32.1 Å². The van der Waals surface area contributed by atoms with Gasteiger partial charge >= 0.3 is 0 Å². The van der Waals surface area contributed by atoms with Gasteiger partial charge in [0.15, 0.2) is 0 Å². The Labute approximate surface area is 87.1 Å². The number of hydrogen-bond acceptors (Lipinski definition) is 1. The summed E-state index contributed by atoms with van der Waals surface area (Å²) in [6.07, 6.45) is 7.29. The van der Waals surface area contributed by atoms with E-state index < -0.39 is 0 Å². The zero-order valence-corrected chi connectivity index (χ0v) is 9.29. The van der Waals surface area contributed by atoms with Gasteiger partial charge in [-0.2, -0.15) is 0 Å². The van der Waals surface area contributed by atoms with Crippen molar-refractivity contribution in [3.05, 3.63) is 10.3 Å². The number of carbonyl (C=O) groups is 1. The Morgan fingerprint density at radius 2 is 2.00 bits per heavy atom. The summed E-state index contributed by atoms with van der Waals surface area (Å²) in [7, 11) is 0. The molecule has 0 unspecified atom stereocenters. The fourth-order valence-corrected chi connectivity index (χ4v) is 1.79. The Balaban J connectivity index is 2.48. The van der Waals surface area contributed by atoms with Crippen molar-refractivity contribution < 1.29 is 4.79 Å². The van der Waals surface area contributed by atoms with E-state index in [4.69, 9.17) is 0 Å². The molecule has 1 amide bonds. The highest BCUT2D eigenvalue weighted by Gasteiger charge is 2.12. The predicted octanol–water partition coefficient (Wildman–Crippen LogP) is 2.69. The lowest BCUT2D eigenvalue weighted by Crippen LogP contribution is -2.27. The third-order valence-corrected chi connectivity index (χ3v) is 2.42. The topological polar surface area (TPSA) is 20.3 Å². The van der Waals surface area contributed by atoms with Crippen molar-refractivity contribution in [1.82, 2.24) is 4.90 Å². The van der Waals surface area contributed by atoms with Crippen LogP contribution in [0.15, 0.2) is 10.3 Å². The van der Waals surface area contributed by atoms with E-state index in [0.717, 1.165) is 25.8 Å². The van der Waals surface area contributed by atoms with Gasteiger partial charge in [0.1, 0.15) is 0 Å². The van der Waals surface area contributed by atoms with Crippen molar-refractivity contribution in [3.63, 3.8) is 0 Å². The monoisotopic (exact) mass is 279 g/mol. The Morgan fingerprint density at radius 1 is 1.25 bits per heavy atom. The van der Waals surface area contributed by atoms with Gasteiger partial charge < -0.3 is 4.90 Å². The number of carbonyl (C=O) groups excluding carboxylic acids is 1. The lowest BCUT2D eigenvalue weighted by atomic mass is 10.1. The van der Waals surface area contributed by atoms with E-state index >= 15 is 0 Å². The summed E-state index contributed by atoms with van der Waals surface area (Å²) in [5.41, 5.74) is 0. The first-order valence-corrected chi connectivity index (χ1v) is 5.65. The van der Waals surface area contributed by atoms with Gasteiger partial charge in [0, 0.05) is 19.2 Å². The molecule has 0 spiro atoms.